The minimum atomic E-state index is -0.472. The summed E-state index contributed by atoms with van der Waals surface area (Å²) in [5, 5.41) is 14.8. The Morgan fingerprint density at radius 2 is 1.88 bits per heavy atom. The van der Waals surface area contributed by atoms with Crippen molar-refractivity contribution in [3.63, 3.8) is 0 Å². The van der Waals surface area contributed by atoms with Crippen molar-refractivity contribution in [3.8, 4) is 0 Å². The van der Waals surface area contributed by atoms with Gasteiger partial charge in [-0.1, -0.05) is 0 Å². The van der Waals surface area contributed by atoms with Crippen molar-refractivity contribution in [1.29, 1.82) is 0 Å². The van der Waals surface area contributed by atoms with E-state index in [1.165, 1.54) is 0 Å². The number of nitrogens with one attached hydrogen (secondary N) is 2. The van der Waals surface area contributed by atoms with Gasteiger partial charge in [0.25, 0.3) is 0 Å². The molecule has 0 aromatic heterocycles. The fraction of sp³-hybridized carbons (Fsp3) is 0.909. The number of aliphatic hydroxyl groups excluding tert-OH is 1. The lowest BCUT2D eigenvalue weighted by Crippen LogP contribution is -2.42. The number of carbonyl (C=O) groups excluding carboxylic acids is 1. The molecule has 0 fully saturated rings. The van der Waals surface area contributed by atoms with Gasteiger partial charge in [-0.25, -0.2) is 4.79 Å². The van der Waals surface area contributed by atoms with Crippen molar-refractivity contribution in [2.45, 2.75) is 52.4 Å². The molecule has 0 aromatic carbocycles. The van der Waals surface area contributed by atoms with Gasteiger partial charge in [-0.3, -0.25) is 0 Å². The van der Waals surface area contributed by atoms with Crippen LogP contribution < -0.4 is 10.6 Å². The lowest BCUT2D eigenvalue weighted by molar-refractivity contribution is 0.0523. The maximum absolute atomic E-state index is 11.3. The van der Waals surface area contributed by atoms with E-state index in [2.05, 4.69) is 10.6 Å². The first-order valence-electron chi connectivity index (χ1n) is 5.59. The van der Waals surface area contributed by atoms with E-state index < -0.39 is 11.7 Å². The van der Waals surface area contributed by atoms with Crippen LogP contribution in [0.4, 0.5) is 4.79 Å². The highest BCUT2D eigenvalue weighted by atomic mass is 16.6. The van der Waals surface area contributed by atoms with E-state index in [0.29, 0.717) is 13.1 Å². The number of rotatable bonds is 5. The molecule has 1 amide bonds. The summed E-state index contributed by atoms with van der Waals surface area (Å²) in [6.07, 6.45) is -0.804. The summed E-state index contributed by atoms with van der Waals surface area (Å²) in [5.74, 6) is 0. The van der Waals surface area contributed by atoms with Gasteiger partial charge in [0.05, 0.1) is 6.10 Å². The normalized spacial score (nSPS) is 15.4. The Morgan fingerprint density at radius 1 is 1.31 bits per heavy atom. The van der Waals surface area contributed by atoms with Crippen LogP contribution in [0.5, 0.6) is 0 Å². The summed E-state index contributed by atoms with van der Waals surface area (Å²) < 4.78 is 5.09. The third-order valence-electron chi connectivity index (χ3n) is 1.71. The number of aliphatic hydroxyl groups is 1. The molecule has 16 heavy (non-hydrogen) atoms. The quantitative estimate of drug-likeness (QED) is 0.658. The number of hydrogen-bond donors (Lipinski definition) is 3. The minimum Gasteiger partial charge on any atom is -0.444 e. The number of alkyl carbamates (subject to hydrolysis) is 1. The third kappa shape index (κ3) is 9.73. The van der Waals surface area contributed by atoms with Crippen LogP contribution in [-0.4, -0.2) is 42.0 Å². The zero-order valence-electron chi connectivity index (χ0n) is 10.8. The van der Waals surface area contributed by atoms with E-state index >= 15 is 0 Å². The van der Waals surface area contributed by atoms with Crippen LogP contribution >= 0.6 is 0 Å². The Morgan fingerprint density at radius 3 is 2.31 bits per heavy atom. The SMILES string of the molecule is CC(O)CNC(C)CNC(=O)OC(C)(C)C. The molecular weight excluding hydrogens is 208 g/mol. The molecule has 0 spiro atoms. The molecule has 0 radical (unpaired) electrons. The second-order valence-corrected chi connectivity index (χ2v) is 5.04. The fourth-order valence-corrected chi connectivity index (χ4v) is 0.995. The molecule has 0 aliphatic carbocycles. The molecule has 0 aromatic rings. The van der Waals surface area contributed by atoms with Crippen LogP contribution in [0.1, 0.15) is 34.6 Å². The molecule has 0 aliphatic heterocycles. The Balaban J connectivity index is 3.67. The fourth-order valence-electron chi connectivity index (χ4n) is 0.995. The van der Waals surface area contributed by atoms with Gasteiger partial charge in [0.15, 0.2) is 0 Å². The summed E-state index contributed by atoms with van der Waals surface area (Å²) in [7, 11) is 0. The molecule has 0 bridgehead atoms. The van der Waals surface area contributed by atoms with E-state index in [0.717, 1.165) is 0 Å². The highest BCUT2D eigenvalue weighted by Gasteiger charge is 2.16. The van der Waals surface area contributed by atoms with Crippen LogP contribution in [0.2, 0.25) is 0 Å². The van der Waals surface area contributed by atoms with Gasteiger partial charge in [-0.05, 0) is 34.6 Å². The van der Waals surface area contributed by atoms with E-state index in [9.17, 15) is 4.79 Å². The Hall–Kier alpha value is -0.810. The lowest BCUT2D eigenvalue weighted by Gasteiger charge is -2.21. The van der Waals surface area contributed by atoms with Crippen molar-refractivity contribution < 1.29 is 14.6 Å². The van der Waals surface area contributed by atoms with Gasteiger partial charge in [-0.15, -0.1) is 0 Å². The van der Waals surface area contributed by atoms with Crippen LogP contribution in [-0.2, 0) is 4.74 Å². The van der Waals surface area contributed by atoms with Crippen molar-refractivity contribution in [3.05, 3.63) is 0 Å². The lowest BCUT2D eigenvalue weighted by atomic mass is 10.2. The molecule has 0 aliphatic rings. The third-order valence-corrected chi connectivity index (χ3v) is 1.71. The van der Waals surface area contributed by atoms with Gasteiger partial charge in [0, 0.05) is 19.1 Å². The van der Waals surface area contributed by atoms with Gasteiger partial charge < -0.3 is 20.5 Å². The Labute approximate surface area is 97.6 Å². The standard InChI is InChI=1S/C11H24N2O3/c1-8(12-7-9(2)14)6-13-10(15)16-11(3,4)5/h8-9,12,14H,6-7H2,1-5H3,(H,13,15). The molecule has 5 nitrogen and oxygen atoms in total. The number of amides is 1. The van der Waals surface area contributed by atoms with Gasteiger partial charge in [0.1, 0.15) is 5.60 Å². The number of carbonyl (C=O) groups is 1. The summed E-state index contributed by atoms with van der Waals surface area (Å²) in [6, 6.07) is 0.0992. The summed E-state index contributed by atoms with van der Waals surface area (Å²) >= 11 is 0. The first-order valence-corrected chi connectivity index (χ1v) is 5.59. The van der Waals surface area contributed by atoms with E-state index in [-0.39, 0.29) is 12.1 Å². The summed E-state index contributed by atoms with van der Waals surface area (Å²) in [5.41, 5.74) is -0.472. The minimum absolute atomic E-state index is 0.0992. The van der Waals surface area contributed by atoms with Crippen molar-refractivity contribution in [1.82, 2.24) is 10.6 Å². The molecule has 3 N–H and O–H groups in total. The molecule has 5 heteroatoms. The smallest absolute Gasteiger partial charge is 0.407 e. The first kappa shape index (κ1) is 15.2. The summed E-state index contributed by atoms with van der Waals surface area (Å²) in [4.78, 5) is 11.3. The topological polar surface area (TPSA) is 70.6 Å². The predicted molar refractivity (Wildman–Crippen MR) is 63.4 cm³/mol. The number of ether oxygens (including phenoxy) is 1. The summed E-state index contributed by atoms with van der Waals surface area (Å²) in [6.45, 7) is 10.1. The molecular formula is C11H24N2O3. The average Bonchev–Trinajstić information content (AvgIpc) is 2.08. The second-order valence-electron chi connectivity index (χ2n) is 5.04. The molecule has 2 unspecified atom stereocenters. The maximum Gasteiger partial charge on any atom is 0.407 e. The van der Waals surface area contributed by atoms with Gasteiger partial charge in [-0.2, -0.15) is 0 Å². The van der Waals surface area contributed by atoms with E-state index in [4.69, 9.17) is 9.84 Å². The number of hydrogen-bond acceptors (Lipinski definition) is 4. The van der Waals surface area contributed by atoms with Crippen LogP contribution in [0.15, 0.2) is 0 Å². The molecule has 0 saturated heterocycles. The van der Waals surface area contributed by atoms with Crippen molar-refractivity contribution >= 4 is 6.09 Å². The predicted octanol–water partition coefficient (Wildman–Crippen LogP) is 0.870. The Bertz CT molecular complexity index is 212. The van der Waals surface area contributed by atoms with Crippen LogP contribution in [0, 0.1) is 0 Å². The molecule has 0 saturated carbocycles. The highest BCUT2D eigenvalue weighted by Crippen LogP contribution is 2.06. The molecule has 96 valence electrons. The van der Waals surface area contributed by atoms with E-state index in [1.54, 1.807) is 6.92 Å². The van der Waals surface area contributed by atoms with Crippen LogP contribution in [0.25, 0.3) is 0 Å². The molecule has 0 rings (SSSR count). The molecule has 2 atom stereocenters. The van der Waals surface area contributed by atoms with Gasteiger partial charge >= 0.3 is 6.09 Å². The van der Waals surface area contributed by atoms with Crippen molar-refractivity contribution in [2.24, 2.45) is 0 Å². The van der Waals surface area contributed by atoms with Gasteiger partial charge in [0.2, 0.25) is 0 Å². The highest BCUT2D eigenvalue weighted by molar-refractivity contribution is 5.67. The van der Waals surface area contributed by atoms with Crippen molar-refractivity contribution in [2.75, 3.05) is 13.1 Å². The Kier molecular flexibility index (Phi) is 6.36. The zero-order chi connectivity index (χ0) is 12.8. The van der Waals surface area contributed by atoms with Crippen LogP contribution in [0.3, 0.4) is 0 Å². The zero-order valence-corrected chi connectivity index (χ0v) is 10.8. The maximum atomic E-state index is 11.3. The average molecular weight is 232 g/mol. The first-order chi connectivity index (χ1) is 7.20. The molecule has 0 heterocycles. The van der Waals surface area contributed by atoms with E-state index in [1.807, 2.05) is 27.7 Å². The second kappa shape index (κ2) is 6.70. The largest absolute Gasteiger partial charge is 0.444 e. The monoisotopic (exact) mass is 232 g/mol.